The zero-order valence-electron chi connectivity index (χ0n) is 14.2. The van der Waals surface area contributed by atoms with Crippen molar-refractivity contribution >= 4 is 42.7 Å². The normalized spacial score (nSPS) is 19.1. The Morgan fingerprint density at radius 3 is 2.58 bits per heavy atom. The van der Waals surface area contributed by atoms with Crippen LogP contribution in [0.15, 0.2) is 22.8 Å². The van der Waals surface area contributed by atoms with Crippen LogP contribution in [0.2, 0.25) is 0 Å². The maximum absolute atomic E-state index is 12.8. The van der Waals surface area contributed by atoms with Gasteiger partial charge in [-0.2, -0.15) is 0 Å². The third-order valence-electron chi connectivity index (χ3n) is 4.41. The van der Waals surface area contributed by atoms with Gasteiger partial charge in [0.1, 0.15) is 6.33 Å². The summed E-state index contributed by atoms with van der Waals surface area (Å²) in [6.07, 6.45) is 4.47. The molecule has 7 heteroatoms. The van der Waals surface area contributed by atoms with E-state index in [1.165, 1.54) is 17.7 Å². The van der Waals surface area contributed by atoms with Gasteiger partial charge in [-0.05, 0) is 45.3 Å². The highest BCUT2D eigenvalue weighted by atomic mass is 32.2. The molecule has 0 amide bonds. The van der Waals surface area contributed by atoms with E-state index in [1.807, 2.05) is 12.3 Å². The summed E-state index contributed by atoms with van der Waals surface area (Å²) in [6, 6.07) is 0. The largest absolute Gasteiger partial charge is 0.295 e. The predicted octanol–water partition coefficient (Wildman–Crippen LogP) is 3.65. The third kappa shape index (κ3) is 2.59. The molecule has 0 saturated heterocycles. The molecule has 0 N–H and O–H groups in total. The summed E-state index contributed by atoms with van der Waals surface area (Å²) in [6.45, 7) is 6.99. The number of nitrogens with zero attached hydrogens (tertiary/aromatic N) is 2. The Balaban J connectivity index is 2.16. The van der Waals surface area contributed by atoms with Crippen LogP contribution in [-0.4, -0.2) is 28.9 Å². The fraction of sp³-hybridized carbons (Fsp3) is 0.471. The Hall–Kier alpha value is -1.60. The fourth-order valence-electron chi connectivity index (χ4n) is 2.79. The van der Waals surface area contributed by atoms with Gasteiger partial charge in [0.05, 0.1) is 15.0 Å². The van der Waals surface area contributed by atoms with Crippen LogP contribution in [0.4, 0.5) is 0 Å². The molecule has 0 bridgehead atoms. The summed E-state index contributed by atoms with van der Waals surface area (Å²) in [7, 11) is -3.57. The average molecular weight is 364 g/mol. The minimum absolute atomic E-state index is 0.0227. The first-order valence-electron chi connectivity index (χ1n) is 7.88. The van der Waals surface area contributed by atoms with Crippen molar-refractivity contribution in [1.29, 1.82) is 0 Å². The number of ketones is 1. The Morgan fingerprint density at radius 2 is 2.00 bits per heavy atom. The van der Waals surface area contributed by atoms with Crippen molar-refractivity contribution in [2.24, 2.45) is 5.92 Å². The molecule has 1 atom stereocenters. The maximum atomic E-state index is 12.8. The van der Waals surface area contributed by atoms with Crippen molar-refractivity contribution in [3.05, 3.63) is 23.3 Å². The number of rotatable bonds is 3. The van der Waals surface area contributed by atoms with E-state index in [-0.39, 0.29) is 16.7 Å². The van der Waals surface area contributed by atoms with Gasteiger partial charge < -0.3 is 0 Å². The molecule has 0 saturated carbocycles. The smallest absolute Gasteiger partial charge is 0.202 e. The Bertz CT molecular complexity index is 950. The van der Waals surface area contributed by atoms with E-state index in [0.29, 0.717) is 16.6 Å². The molecule has 0 aromatic carbocycles. The van der Waals surface area contributed by atoms with E-state index in [1.54, 1.807) is 26.8 Å². The van der Waals surface area contributed by atoms with Crippen LogP contribution in [0, 0.1) is 5.92 Å². The summed E-state index contributed by atoms with van der Waals surface area (Å²) in [5.74, 6) is 0.165. The first-order valence-corrected chi connectivity index (χ1v) is 10.2. The van der Waals surface area contributed by atoms with E-state index in [9.17, 15) is 13.2 Å². The fourth-order valence-corrected chi connectivity index (χ4v) is 5.29. The summed E-state index contributed by atoms with van der Waals surface area (Å²) in [5, 5.41) is 1.96. The number of thiophene rings is 1. The molecule has 0 spiro atoms. The molecule has 2 aromatic rings. The molecular formula is C17H20N2O3S2. The number of hydrogen-bond acceptors (Lipinski definition) is 6. The number of allylic oxidation sites excluding steroid dienone is 2. The lowest BCUT2D eigenvalue weighted by atomic mass is 9.99. The van der Waals surface area contributed by atoms with Crippen LogP contribution >= 0.6 is 11.3 Å². The molecular weight excluding hydrogens is 344 g/mol. The lowest BCUT2D eigenvalue weighted by molar-refractivity contribution is -0.117. The molecule has 0 radical (unpaired) electrons. The first kappa shape index (κ1) is 17.2. The summed E-state index contributed by atoms with van der Waals surface area (Å²) < 4.78 is 25.2. The minimum atomic E-state index is -3.57. The molecule has 128 valence electrons. The number of aromatic nitrogens is 2. The zero-order chi connectivity index (χ0) is 17.7. The van der Waals surface area contributed by atoms with Crippen molar-refractivity contribution in [2.45, 2.75) is 50.3 Å². The van der Waals surface area contributed by atoms with Crippen LogP contribution in [0.3, 0.4) is 0 Å². The Morgan fingerprint density at radius 1 is 1.29 bits per heavy atom. The van der Waals surface area contributed by atoms with Crippen molar-refractivity contribution in [1.82, 2.24) is 9.97 Å². The predicted molar refractivity (Wildman–Crippen MR) is 95.7 cm³/mol. The molecule has 3 rings (SSSR count). The van der Waals surface area contributed by atoms with E-state index in [0.717, 1.165) is 17.6 Å². The lowest BCUT2D eigenvalue weighted by Crippen LogP contribution is -2.28. The number of carbonyl (C=O) groups is 1. The molecule has 1 aliphatic rings. The van der Waals surface area contributed by atoms with Crippen LogP contribution in [0.25, 0.3) is 15.8 Å². The van der Waals surface area contributed by atoms with Gasteiger partial charge >= 0.3 is 0 Å². The molecule has 24 heavy (non-hydrogen) atoms. The van der Waals surface area contributed by atoms with Crippen LogP contribution in [-0.2, 0) is 14.6 Å². The monoisotopic (exact) mass is 364 g/mol. The van der Waals surface area contributed by atoms with Crippen LogP contribution in [0.5, 0.6) is 0 Å². The highest BCUT2D eigenvalue weighted by Crippen LogP contribution is 2.40. The quantitative estimate of drug-likeness (QED) is 0.777. The SMILES string of the molecule is CCC1CC(c2csc3c(S(=O)(=O)C(C)(C)C)ncnc23)=CC1=O. The lowest BCUT2D eigenvalue weighted by Gasteiger charge is -2.18. The Labute approximate surface area is 145 Å². The van der Waals surface area contributed by atoms with E-state index in [4.69, 9.17) is 0 Å². The van der Waals surface area contributed by atoms with Gasteiger partial charge in [-0.1, -0.05) is 6.92 Å². The highest BCUT2D eigenvalue weighted by Gasteiger charge is 2.35. The van der Waals surface area contributed by atoms with Crippen LogP contribution in [0.1, 0.15) is 46.1 Å². The minimum Gasteiger partial charge on any atom is -0.295 e. The summed E-state index contributed by atoms with van der Waals surface area (Å²) in [4.78, 5) is 20.4. The second-order valence-electron chi connectivity index (χ2n) is 7.00. The van der Waals surface area contributed by atoms with E-state index < -0.39 is 14.6 Å². The molecule has 1 aliphatic carbocycles. The second-order valence-corrected chi connectivity index (χ2v) is 10.5. The second kappa shape index (κ2) is 5.74. The van der Waals surface area contributed by atoms with Gasteiger partial charge in [-0.25, -0.2) is 18.4 Å². The van der Waals surface area contributed by atoms with E-state index >= 15 is 0 Å². The van der Waals surface area contributed by atoms with Gasteiger partial charge in [0.25, 0.3) is 0 Å². The molecule has 1 unspecified atom stereocenters. The Kier molecular flexibility index (Phi) is 4.12. The molecule has 5 nitrogen and oxygen atoms in total. The van der Waals surface area contributed by atoms with Crippen LogP contribution < -0.4 is 0 Å². The van der Waals surface area contributed by atoms with Crippen molar-refractivity contribution < 1.29 is 13.2 Å². The van der Waals surface area contributed by atoms with Gasteiger partial charge in [-0.15, -0.1) is 11.3 Å². The number of sulfone groups is 1. The van der Waals surface area contributed by atoms with Gasteiger partial charge in [0.2, 0.25) is 9.84 Å². The van der Waals surface area contributed by atoms with Gasteiger partial charge in [-0.3, -0.25) is 4.79 Å². The molecule has 0 fully saturated rings. The standard InChI is InChI=1S/C17H20N2O3S2/c1-5-10-6-11(7-13(10)20)12-8-23-15-14(12)18-9-19-16(15)24(21,22)17(2,3)4/h7-10H,5-6H2,1-4H3. The molecule has 0 aliphatic heterocycles. The molecule has 2 aromatic heterocycles. The summed E-state index contributed by atoms with van der Waals surface area (Å²) >= 11 is 1.32. The topological polar surface area (TPSA) is 77.0 Å². The highest BCUT2D eigenvalue weighted by molar-refractivity contribution is 7.93. The first-order chi connectivity index (χ1) is 11.2. The van der Waals surface area contributed by atoms with Gasteiger partial charge in [0, 0.05) is 16.9 Å². The average Bonchev–Trinajstić information content (AvgIpc) is 3.08. The summed E-state index contributed by atoms with van der Waals surface area (Å²) in [5.41, 5.74) is 2.41. The number of carbonyl (C=O) groups excluding carboxylic acids is 1. The van der Waals surface area contributed by atoms with Gasteiger partial charge in [0.15, 0.2) is 10.8 Å². The number of hydrogen-bond donors (Lipinski definition) is 0. The maximum Gasteiger partial charge on any atom is 0.202 e. The van der Waals surface area contributed by atoms with Crippen molar-refractivity contribution in [2.75, 3.05) is 0 Å². The third-order valence-corrected chi connectivity index (χ3v) is 7.94. The van der Waals surface area contributed by atoms with E-state index in [2.05, 4.69) is 9.97 Å². The van der Waals surface area contributed by atoms with Crippen molar-refractivity contribution in [3.8, 4) is 0 Å². The van der Waals surface area contributed by atoms with Crippen molar-refractivity contribution in [3.63, 3.8) is 0 Å². The molecule has 2 heterocycles. The zero-order valence-corrected chi connectivity index (χ0v) is 15.8. The number of fused-ring (bicyclic) bond motifs is 1.